The van der Waals surface area contributed by atoms with E-state index in [4.69, 9.17) is 11.6 Å². The molecule has 4 aliphatic carbocycles. The van der Waals surface area contributed by atoms with Gasteiger partial charge in [-0.2, -0.15) is 0 Å². The summed E-state index contributed by atoms with van der Waals surface area (Å²) in [6.45, 7) is 2.09. The van der Waals surface area contributed by atoms with Crippen molar-refractivity contribution in [2.24, 2.45) is 17.8 Å². The Morgan fingerprint density at radius 2 is 2.25 bits per heavy atom. The minimum Gasteiger partial charge on any atom is -0.390 e. The van der Waals surface area contributed by atoms with Gasteiger partial charge in [0.15, 0.2) is 0 Å². The summed E-state index contributed by atoms with van der Waals surface area (Å²) in [5.41, 5.74) is 0.0410. The summed E-state index contributed by atoms with van der Waals surface area (Å²) in [5.74, 6) is 2.15. The van der Waals surface area contributed by atoms with Crippen LogP contribution in [0, 0.1) is 17.8 Å². The molecule has 0 saturated heterocycles. The largest absolute Gasteiger partial charge is 0.390 e. The van der Waals surface area contributed by atoms with Gasteiger partial charge in [0.05, 0.1) is 11.2 Å². The highest BCUT2D eigenvalue weighted by molar-refractivity contribution is 7.99. The van der Waals surface area contributed by atoms with Crippen LogP contribution in [-0.2, 0) is 0 Å². The molecule has 24 heavy (non-hydrogen) atoms. The van der Waals surface area contributed by atoms with Gasteiger partial charge in [0.2, 0.25) is 5.28 Å². The number of carbonyl (C=O) groups is 1. The highest BCUT2D eigenvalue weighted by Crippen LogP contribution is 2.59. The molecule has 4 fully saturated rings. The summed E-state index contributed by atoms with van der Waals surface area (Å²) < 4.78 is 0. The van der Waals surface area contributed by atoms with E-state index < -0.39 is 5.60 Å². The first-order valence-electron chi connectivity index (χ1n) is 8.67. The van der Waals surface area contributed by atoms with E-state index >= 15 is 0 Å². The van der Waals surface area contributed by atoms with Crippen molar-refractivity contribution in [2.45, 2.75) is 55.7 Å². The van der Waals surface area contributed by atoms with Crippen LogP contribution in [-0.4, -0.2) is 38.4 Å². The predicted octanol–water partition coefficient (Wildman–Crippen LogP) is 2.91. The minimum atomic E-state index is -0.467. The van der Waals surface area contributed by atoms with E-state index in [1.807, 2.05) is 0 Å². The molecule has 5 rings (SSSR count). The maximum Gasteiger partial charge on any atom is 0.255 e. The van der Waals surface area contributed by atoms with Crippen LogP contribution in [0.1, 0.15) is 49.4 Å². The van der Waals surface area contributed by atoms with E-state index in [1.165, 1.54) is 6.20 Å². The van der Waals surface area contributed by atoms with Crippen molar-refractivity contribution in [3.05, 3.63) is 17.0 Å². The quantitative estimate of drug-likeness (QED) is 0.475. The Bertz CT molecular complexity index is 669. The first-order valence-corrected chi connectivity index (χ1v) is 10.0. The zero-order chi connectivity index (χ0) is 16.9. The lowest BCUT2D eigenvalue weighted by Gasteiger charge is -2.38. The van der Waals surface area contributed by atoms with Crippen LogP contribution in [0.15, 0.2) is 11.2 Å². The smallest absolute Gasteiger partial charge is 0.255 e. The number of aromatic nitrogens is 2. The number of nitrogens with one attached hydrogen (secondary N) is 1. The molecule has 1 aromatic rings. The van der Waals surface area contributed by atoms with Gasteiger partial charge in [0.25, 0.3) is 5.91 Å². The monoisotopic (exact) mass is 367 g/mol. The molecule has 130 valence electrons. The predicted molar refractivity (Wildman–Crippen MR) is 93.2 cm³/mol. The highest BCUT2D eigenvalue weighted by Gasteiger charge is 2.60. The van der Waals surface area contributed by atoms with Gasteiger partial charge in [0, 0.05) is 12.2 Å². The molecular formula is C17H22ClN3O2S. The van der Waals surface area contributed by atoms with Crippen molar-refractivity contribution < 1.29 is 9.90 Å². The third-order valence-corrected chi connectivity index (χ3v) is 7.17. The van der Waals surface area contributed by atoms with Crippen LogP contribution >= 0.6 is 23.4 Å². The van der Waals surface area contributed by atoms with E-state index in [0.717, 1.165) is 37.9 Å². The first kappa shape index (κ1) is 16.6. The number of halogens is 1. The molecule has 7 heteroatoms. The van der Waals surface area contributed by atoms with Gasteiger partial charge in [-0.25, -0.2) is 9.97 Å². The lowest BCUT2D eigenvalue weighted by atomic mass is 9.76. The Hall–Kier alpha value is -0.850. The molecule has 1 aromatic heterocycles. The number of aliphatic hydroxyl groups is 1. The third-order valence-electron chi connectivity index (χ3n) is 5.79. The summed E-state index contributed by atoms with van der Waals surface area (Å²) in [6.07, 6.45) is 6.21. The first-order chi connectivity index (χ1) is 11.5. The molecule has 5 nitrogen and oxygen atoms in total. The van der Waals surface area contributed by atoms with Crippen molar-refractivity contribution in [2.75, 3.05) is 5.75 Å². The lowest BCUT2D eigenvalue weighted by Crippen LogP contribution is -2.48. The van der Waals surface area contributed by atoms with Crippen LogP contribution in [0.4, 0.5) is 0 Å². The van der Waals surface area contributed by atoms with E-state index in [1.54, 1.807) is 11.8 Å². The molecular weight excluding hydrogens is 346 g/mol. The summed E-state index contributed by atoms with van der Waals surface area (Å²) in [6, 6.07) is 0.171. The van der Waals surface area contributed by atoms with Gasteiger partial charge in [-0.1, -0.05) is 6.92 Å². The number of hydrogen-bond acceptors (Lipinski definition) is 5. The van der Waals surface area contributed by atoms with E-state index in [2.05, 4.69) is 22.2 Å². The average Bonchev–Trinajstić information content (AvgIpc) is 2.91. The Kier molecular flexibility index (Phi) is 4.25. The zero-order valence-electron chi connectivity index (χ0n) is 13.7. The molecule has 1 heterocycles. The molecule has 4 aliphatic rings. The van der Waals surface area contributed by atoms with Crippen molar-refractivity contribution in [1.82, 2.24) is 15.3 Å². The summed E-state index contributed by atoms with van der Waals surface area (Å²) >= 11 is 7.43. The van der Waals surface area contributed by atoms with Gasteiger partial charge in [-0.15, -0.1) is 11.8 Å². The molecule has 1 unspecified atom stereocenters. The van der Waals surface area contributed by atoms with Crippen LogP contribution < -0.4 is 5.32 Å². The van der Waals surface area contributed by atoms with E-state index in [9.17, 15) is 9.90 Å². The average molecular weight is 368 g/mol. The number of rotatable bonds is 5. The highest BCUT2D eigenvalue weighted by atomic mass is 35.5. The molecule has 0 aliphatic heterocycles. The van der Waals surface area contributed by atoms with Gasteiger partial charge < -0.3 is 10.4 Å². The van der Waals surface area contributed by atoms with Crippen LogP contribution in [0.2, 0.25) is 5.28 Å². The number of nitrogens with zero attached hydrogens (tertiary/aromatic N) is 2. The van der Waals surface area contributed by atoms with Gasteiger partial charge in [0.1, 0.15) is 5.03 Å². The van der Waals surface area contributed by atoms with Crippen molar-refractivity contribution in [3.63, 3.8) is 0 Å². The molecule has 0 radical (unpaired) electrons. The number of hydrogen-bond donors (Lipinski definition) is 2. The fourth-order valence-corrected chi connectivity index (χ4v) is 6.05. The lowest BCUT2D eigenvalue weighted by molar-refractivity contribution is -0.0192. The van der Waals surface area contributed by atoms with Crippen molar-refractivity contribution in [1.29, 1.82) is 0 Å². The Labute approximate surface area is 151 Å². The van der Waals surface area contributed by atoms with Gasteiger partial charge in [-0.3, -0.25) is 4.79 Å². The second kappa shape index (κ2) is 6.15. The fourth-order valence-electron chi connectivity index (χ4n) is 5.02. The topological polar surface area (TPSA) is 75.1 Å². The third kappa shape index (κ3) is 2.82. The molecule has 4 saturated carbocycles. The molecule has 2 N–H and O–H groups in total. The molecule has 0 spiro atoms. The maximum atomic E-state index is 12.8. The van der Waals surface area contributed by atoms with Crippen LogP contribution in [0.5, 0.6) is 0 Å². The number of amides is 1. The molecule has 1 amide bonds. The fraction of sp³-hybridized carbons (Fsp3) is 0.706. The van der Waals surface area contributed by atoms with Gasteiger partial charge in [-0.05, 0) is 67.2 Å². The van der Waals surface area contributed by atoms with Crippen molar-refractivity contribution in [3.8, 4) is 0 Å². The number of thioether (sulfide) groups is 1. The number of carbonyl (C=O) groups excluding carboxylic acids is 1. The maximum absolute atomic E-state index is 12.8. The van der Waals surface area contributed by atoms with E-state index in [0.29, 0.717) is 28.3 Å². The minimum absolute atomic E-state index is 0.113. The summed E-state index contributed by atoms with van der Waals surface area (Å²) in [4.78, 5) is 21.0. The molecule has 0 aromatic carbocycles. The van der Waals surface area contributed by atoms with Gasteiger partial charge >= 0.3 is 0 Å². The Morgan fingerprint density at radius 1 is 1.46 bits per heavy atom. The standard InChI is InChI=1S/C17H22ClN3O2S/c1-2-3-24-15-12(8-19-16(18)21-15)14(22)20-13-10-4-9-5-17(23,6-10)7-11(9)13/h8-11,13,23H,2-7H2,1H3,(H,20,22)/t9?,10-,11-,13-,17-/m1/s1. The second-order valence-electron chi connectivity index (χ2n) is 7.46. The van der Waals surface area contributed by atoms with Crippen molar-refractivity contribution >= 4 is 29.3 Å². The summed E-state index contributed by atoms with van der Waals surface area (Å²) in [5, 5.41) is 14.6. The zero-order valence-corrected chi connectivity index (χ0v) is 15.2. The normalized spacial score (nSPS) is 36.3. The van der Waals surface area contributed by atoms with Crippen LogP contribution in [0.25, 0.3) is 0 Å². The Balaban J connectivity index is 1.51. The molecule has 5 atom stereocenters. The summed E-state index contributed by atoms with van der Waals surface area (Å²) in [7, 11) is 0. The Morgan fingerprint density at radius 3 is 3.00 bits per heavy atom. The van der Waals surface area contributed by atoms with Crippen LogP contribution in [0.3, 0.4) is 0 Å². The second-order valence-corrected chi connectivity index (χ2v) is 8.88. The van der Waals surface area contributed by atoms with E-state index in [-0.39, 0.29) is 17.2 Å². The molecule has 4 bridgehead atoms. The SMILES string of the molecule is CCCSc1nc(Cl)ncc1C(=O)N[C@@H]1[C@@H]2CC3C[C@@](O)(C2)C[C@H]31.